The van der Waals surface area contributed by atoms with E-state index in [1.807, 2.05) is 60.7 Å². The number of nitrogens with zero attached hydrogens (tertiary/aromatic N) is 1. The Labute approximate surface area is 179 Å². The molecule has 0 unspecified atom stereocenters. The molecule has 0 saturated carbocycles. The van der Waals surface area contributed by atoms with Gasteiger partial charge in [0.05, 0.1) is 24.6 Å². The van der Waals surface area contributed by atoms with Crippen LogP contribution in [0.1, 0.15) is 33.0 Å². The summed E-state index contributed by atoms with van der Waals surface area (Å²) in [7, 11) is 0. The van der Waals surface area contributed by atoms with Crippen molar-refractivity contribution in [2.24, 2.45) is 5.10 Å². The zero-order chi connectivity index (χ0) is 22.1. The molecule has 2 N–H and O–H groups in total. The minimum atomic E-state index is -1.27. The number of carboxylic acid groups (broad SMARTS) is 1. The van der Waals surface area contributed by atoms with Crippen molar-refractivity contribution in [2.75, 3.05) is 6.54 Å². The van der Waals surface area contributed by atoms with Crippen molar-refractivity contribution in [3.05, 3.63) is 107 Å². The van der Waals surface area contributed by atoms with Crippen molar-refractivity contribution < 1.29 is 19.5 Å². The molecule has 0 atom stereocenters. The molecular formula is C24H20N3O4-. The molecule has 0 fully saturated rings. The molecule has 0 heterocycles. The van der Waals surface area contributed by atoms with Crippen LogP contribution < -0.4 is 15.8 Å². The first kappa shape index (κ1) is 21.4. The van der Waals surface area contributed by atoms with Gasteiger partial charge in [-0.05, 0) is 22.3 Å². The summed E-state index contributed by atoms with van der Waals surface area (Å²) >= 11 is 0. The summed E-state index contributed by atoms with van der Waals surface area (Å²) in [5.74, 6) is -2.59. The van der Waals surface area contributed by atoms with Crippen LogP contribution in [0.2, 0.25) is 0 Å². The number of hydrazone groups is 1. The first-order valence-corrected chi connectivity index (χ1v) is 9.55. The number of amides is 2. The van der Waals surface area contributed by atoms with Gasteiger partial charge in [0.15, 0.2) is 0 Å². The van der Waals surface area contributed by atoms with Gasteiger partial charge in [0.25, 0.3) is 5.91 Å². The van der Waals surface area contributed by atoms with Crippen molar-refractivity contribution in [3.63, 3.8) is 0 Å². The van der Waals surface area contributed by atoms with Crippen molar-refractivity contribution in [3.8, 4) is 0 Å². The van der Waals surface area contributed by atoms with E-state index in [0.29, 0.717) is 5.56 Å². The van der Waals surface area contributed by atoms with E-state index in [4.69, 9.17) is 0 Å². The number of carbonyl (C=O) groups is 3. The molecule has 0 saturated heterocycles. The van der Waals surface area contributed by atoms with Gasteiger partial charge in [-0.3, -0.25) is 9.59 Å². The lowest BCUT2D eigenvalue weighted by atomic mass is 9.90. The van der Waals surface area contributed by atoms with E-state index < -0.39 is 17.8 Å². The van der Waals surface area contributed by atoms with Crippen LogP contribution in [0.15, 0.2) is 90.0 Å². The summed E-state index contributed by atoms with van der Waals surface area (Å²) in [6.07, 6.45) is 1.37. The van der Waals surface area contributed by atoms with Crippen LogP contribution in [0.25, 0.3) is 0 Å². The van der Waals surface area contributed by atoms with Crippen LogP contribution in [0.4, 0.5) is 0 Å². The average molecular weight is 414 g/mol. The number of benzene rings is 3. The molecule has 0 bridgehead atoms. The maximum absolute atomic E-state index is 12.8. The maximum Gasteiger partial charge on any atom is 0.259 e. The van der Waals surface area contributed by atoms with Crippen LogP contribution in [-0.2, 0) is 9.59 Å². The molecule has 3 aromatic carbocycles. The molecular weight excluding hydrogens is 394 g/mol. The van der Waals surface area contributed by atoms with Crippen LogP contribution in [0.5, 0.6) is 0 Å². The van der Waals surface area contributed by atoms with Gasteiger partial charge < -0.3 is 15.2 Å². The van der Waals surface area contributed by atoms with Crippen LogP contribution in [0, 0.1) is 0 Å². The van der Waals surface area contributed by atoms with Crippen LogP contribution >= 0.6 is 0 Å². The normalized spacial score (nSPS) is 10.7. The van der Waals surface area contributed by atoms with Crippen molar-refractivity contribution in [2.45, 2.75) is 5.92 Å². The van der Waals surface area contributed by atoms with Gasteiger partial charge in [-0.15, -0.1) is 0 Å². The first-order valence-electron chi connectivity index (χ1n) is 9.55. The highest BCUT2D eigenvalue weighted by Gasteiger charge is 2.22. The number of hydrogen-bond donors (Lipinski definition) is 2. The predicted octanol–water partition coefficient (Wildman–Crippen LogP) is 1.45. The highest BCUT2D eigenvalue weighted by Crippen LogP contribution is 2.24. The summed E-state index contributed by atoms with van der Waals surface area (Å²) in [4.78, 5) is 35.6. The molecule has 2 amide bonds. The topological polar surface area (TPSA) is 111 Å². The zero-order valence-electron chi connectivity index (χ0n) is 16.5. The fourth-order valence-corrected chi connectivity index (χ4v) is 2.98. The van der Waals surface area contributed by atoms with Crippen LogP contribution in [0.3, 0.4) is 0 Å². The zero-order valence-corrected chi connectivity index (χ0v) is 16.5. The Bertz CT molecular complexity index is 1030. The number of aromatic carboxylic acids is 1. The molecule has 0 spiro atoms. The minimum Gasteiger partial charge on any atom is -0.545 e. The van der Waals surface area contributed by atoms with Gasteiger partial charge in [0.2, 0.25) is 5.91 Å². The fourth-order valence-electron chi connectivity index (χ4n) is 2.98. The predicted molar refractivity (Wildman–Crippen MR) is 114 cm³/mol. The third-order valence-corrected chi connectivity index (χ3v) is 4.50. The van der Waals surface area contributed by atoms with E-state index in [-0.39, 0.29) is 18.0 Å². The lowest BCUT2D eigenvalue weighted by molar-refractivity contribution is -0.255. The number of carboxylic acids is 1. The number of nitrogens with one attached hydrogen (secondary N) is 2. The highest BCUT2D eigenvalue weighted by atomic mass is 16.4. The molecule has 0 aliphatic heterocycles. The highest BCUT2D eigenvalue weighted by molar-refractivity contribution is 5.91. The molecule has 0 radical (unpaired) electrons. The quantitative estimate of drug-likeness (QED) is 0.429. The molecule has 156 valence electrons. The monoisotopic (exact) mass is 414 g/mol. The van der Waals surface area contributed by atoms with Crippen molar-refractivity contribution in [1.29, 1.82) is 0 Å². The van der Waals surface area contributed by atoms with Gasteiger partial charge in [0, 0.05) is 0 Å². The second kappa shape index (κ2) is 10.5. The number of rotatable bonds is 8. The summed E-state index contributed by atoms with van der Waals surface area (Å²) in [5, 5.41) is 17.2. The smallest absolute Gasteiger partial charge is 0.259 e. The third kappa shape index (κ3) is 6.11. The maximum atomic E-state index is 12.8. The molecule has 0 aromatic heterocycles. The van der Waals surface area contributed by atoms with E-state index >= 15 is 0 Å². The lowest BCUT2D eigenvalue weighted by Gasteiger charge is -2.17. The summed E-state index contributed by atoms with van der Waals surface area (Å²) in [6, 6.07) is 24.5. The molecule has 0 aliphatic carbocycles. The first-order chi connectivity index (χ1) is 15.0. The van der Waals surface area contributed by atoms with Crippen molar-refractivity contribution >= 4 is 24.0 Å². The van der Waals surface area contributed by atoms with E-state index in [0.717, 1.165) is 11.1 Å². The van der Waals surface area contributed by atoms with E-state index in [2.05, 4.69) is 15.8 Å². The Balaban J connectivity index is 1.58. The van der Waals surface area contributed by atoms with E-state index in [1.54, 1.807) is 0 Å². The Hall–Kier alpha value is -4.26. The van der Waals surface area contributed by atoms with Gasteiger partial charge in [0.1, 0.15) is 0 Å². The van der Waals surface area contributed by atoms with Gasteiger partial charge in [-0.2, -0.15) is 5.10 Å². The van der Waals surface area contributed by atoms with Gasteiger partial charge in [-0.25, -0.2) is 5.43 Å². The van der Waals surface area contributed by atoms with Crippen LogP contribution in [-0.4, -0.2) is 30.5 Å². The molecule has 0 aliphatic rings. The average Bonchev–Trinajstić information content (AvgIpc) is 2.80. The molecule has 7 heteroatoms. The summed E-state index contributed by atoms with van der Waals surface area (Å²) in [5.41, 5.74) is 4.63. The molecule has 3 rings (SSSR count). The van der Waals surface area contributed by atoms with Gasteiger partial charge in [-0.1, -0.05) is 84.9 Å². The van der Waals surface area contributed by atoms with Crippen molar-refractivity contribution in [1.82, 2.24) is 10.7 Å². The van der Waals surface area contributed by atoms with E-state index in [9.17, 15) is 19.5 Å². The summed E-state index contributed by atoms with van der Waals surface area (Å²) < 4.78 is 0. The lowest BCUT2D eigenvalue weighted by Crippen LogP contribution is -2.37. The third-order valence-electron chi connectivity index (χ3n) is 4.50. The molecule has 31 heavy (non-hydrogen) atoms. The Morgan fingerprint density at radius 3 is 1.90 bits per heavy atom. The Kier molecular flexibility index (Phi) is 7.26. The van der Waals surface area contributed by atoms with Gasteiger partial charge >= 0.3 is 0 Å². The largest absolute Gasteiger partial charge is 0.545 e. The van der Waals surface area contributed by atoms with E-state index in [1.165, 1.54) is 30.5 Å². The molecule has 3 aromatic rings. The standard InChI is InChI=1S/C24H21N3O4/c28-21(27-26-15-17-11-13-20(14-12-17)24(30)31)16-25-23(29)22(18-7-3-1-4-8-18)19-9-5-2-6-10-19/h1-15,22H,16H2,(H,25,29)(H,27,28)(H,30,31)/p-1/b26-15-. The second-order valence-corrected chi connectivity index (χ2v) is 6.67. The second-order valence-electron chi connectivity index (χ2n) is 6.67. The fraction of sp³-hybridized carbons (Fsp3) is 0.0833. The summed E-state index contributed by atoms with van der Waals surface area (Å²) in [6.45, 7) is -0.240. The SMILES string of the molecule is O=C(CNC(=O)C(c1ccccc1)c1ccccc1)N/N=C\c1ccc(C(=O)[O-])cc1. The molecule has 7 nitrogen and oxygen atoms in total. The Morgan fingerprint density at radius 2 is 1.39 bits per heavy atom. The number of carbonyl (C=O) groups excluding carboxylic acids is 3. The number of hydrogen-bond acceptors (Lipinski definition) is 5. The Morgan fingerprint density at radius 1 is 0.839 bits per heavy atom. The minimum absolute atomic E-state index is 0.0512.